The predicted octanol–water partition coefficient (Wildman–Crippen LogP) is 2.79. The Balaban J connectivity index is 1.39. The molecule has 1 fully saturated rings. The summed E-state index contributed by atoms with van der Waals surface area (Å²) in [6.07, 6.45) is 0.878. The molecule has 1 saturated heterocycles. The molecule has 0 atom stereocenters. The summed E-state index contributed by atoms with van der Waals surface area (Å²) in [5.74, 6) is 0.840. The number of methoxy groups -OCH3 is 2. The summed E-state index contributed by atoms with van der Waals surface area (Å²) in [5.41, 5.74) is 1.58. The van der Waals surface area contributed by atoms with E-state index in [9.17, 15) is 9.18 Å². The summed E-state index contributed by atoms with van der Waals surface area (Å²) in [5, 5.41) is 2.96. The van der Waals surface area contributed by atoms with Crippen LogP contribution in [0.4, 0.5) is 10.1 Å². The van der Waals surface area contributed by atoms with E-state index in [-0.39, 0.29) is 11.7 Å². The molecule has 2 aromatic carbocycles. The van der Waals surface area contributed by atoms with Crippen LogP contribution in [0.5, 0.6) is 11.5 Å². The number of halogens is 1. The lowest BCUT2D eigenvalue weighted by Gasteiger charge is -2.36. The van der Waals surface area contributed by atoms with Gasteiger partial charge in [0.15, 0.2) is 0 Å². The number of hydrogen-bond acceptors (Lipinski definition) is 5. The van der Waals surface area contributed by atoms with Gasteiger partial charge in [-0.3, -0.25) is 9.69 Å². The molecule has 0 aromatic heterocycles. The zero-order valence-corrected chi connectivity index (χ0v) is 17.0. The van der Waals surface area contributed by atoms with Crippen LogP contribution in [0, 0.1) is 5.82 Å². The molecule has 0 aliphatic carbocycles. The molecule has 0 spiro atoms. The minimum absolute atomic E-state index is 0.136. The number of amides is 1. The van der Waals surface area contributed by atoms with Gasteiger partial charge in [-0.2, -0.15) is 0 Å². The molecule has 1 aliphatic rings. The lowest BCUT2D eigenvalue weighted by molar-refractivity contribution is 0.0950. The van der Waals surface area contributed by atoms with Crippen molar-refractivity contribution in [1.29, 1.82) is 0 Å². The van der Waals surface area contributed by atoms with Gasteiger partial charge in [-0.15, -0.1) is 0 Å². The lowest BCUT2D eigenvalue weighted by atomic mass is 10.2. The molecule has 0 saturated carbocycles. The number of nitrogens with one attached hydrogen (secondary N) is 1. The Morgan fingerprint density at radius 3 is 2.21 bits per heavy atom. The molecule has 6 nitrogen and oxygen atoms in total. The third-order valence-corrected chi connectivity index (χ3v) is 5.11. The number of carbonyl (C=O) groups is 1. The molecule has 1 aliphatic heterocycles. The molecule has 0 unspecified atom stereocenters. The molecular weight excluding hydrogens is 373 g/mol. The molecular formula is C22H28FN3O3. The van der Waals surface area contributed by atoms with E-state index >= 15 is 0 Å². The Hall–Kier alpha value is -2.80. The van der Waals surface area contributed by atoms with Crippen molar-refractivity contribution in [2.45, 2.75) is 6.42 Å². The predicted molar refractivity (Wildman–Crippen MR) is 112 cm³/mol. The summed E-state index contributed by atoms with van der Waals surface area (Å²) in [6.45, 7) is 5.29. The van der Waals surface area contributed by atoms with Gasteiger partial charge < -0.3 is 19.7 Å². The number of piperazine rings is 1. The number of ether oxygens (including phenoxy) is 2. The van der Waals surface area contributed by atoms with Crippen molar-refractivity contribution in [1.82, 2.24) is 10.2 Å². The van der Waals surface area contributed by atoms with Crippen LogP contribution in [0.15, 0.2) is 42.5 Å². The standard InChI is InChI=1S/C22H28FN3O3/c1-28-20-14-17(15-21(16-20)29-2)22(27)24-8-3-9-25-10-12-26(13-11-25)19-6-4-18(23)5-7-19/h4-7,14-16H,3,8-13H2,1-2H3,(H,24,27). The van der Waals surface area contributed by atoms with Crippen LogP contribution in [0.1, 0.15) is 16.8 Å². The third-order valence-electron chi connectivity index (χ3n) is 5.11. The van der Waals surface area contributed by atoms with Crippen molar-refractivity contribution in [2.24, 2.45) is 0 Å². The second-order valence-electron chi connectivity index (χ2n) is 7.02. The van der Waals surface area contributed by atoms with Crippen LogP contribution < -0.4 is 19.7 Å². The molecule has 3 rings (SSSR count). The van der Waals surface area contributed by atoms with Crippen LogP contribution in [0.25, 0.3) is 0 Å². The van der Waals surface area contributed by atoms with Crippen molar-refractivity contribution in [3.63, 3.8) is 0 Å². The van der Waals surface area contributed by atoms with E-state index in [2.05, 4.69) is 15.1 Å². The first kappa shape index (κ1) is 20.9. The van der Waals surface area contributed by atoms with Crippen LogP contribution in [0.3, 0.4) is 0 Å². The van der Waals surface area contributed by atoms with E-state index in [4.69, 9.17) is 9.47 Å². The van der Waals surface area contributed by atoms with Gasteiger partial charge >= 0.3 is 0 Å². The van der Waals surface area contributed by atoms with Crippen LogP contribution >= 0.6 is 0 Å². The molecule has 0 radical (unpaired) electrons. The van der Waals surface area contributed by atoms with E-state index < -0.39 is 0 Å². The molecule has 2 aromatic rings. The number of carbonyl (C=O) groups excluding carboxylic acids is 1. The van der Waals surface area contributed by atoms with Crippen molar-refractivity contribution in [3.05, 3.63) is 53.8 Å². The first-order chi connectivity index (χ1) is 14.1. The first-order valence-electron chi connectivity index (χ1n) is 9.83. The topological polar surface area (TPSA) is 54.0 Å². The lowest BCUT2D eigenvalue weighted by Crippen LogP contribution is -2.47. The molecule has 1 heterocycles. The van der Waals surface area contributed by atoms with Gasteiger partial charge in [-0.05, 0) is 49.4 Å². The highest BCUT2D eigenvalue weighted by atomic mass is 19.1. The van der Waals surface area contributed by atoms with Gasteiger partial charge in [-0.25, -0.2) is 4.39 Å². The minimum atomic E-state index is -0.207. The molecule has 156 valence electrons. The first-order valence-corrected chi connectivity index (χ1v) is 9.83. The highest BCUT2D eigenvalue weighted by Crippen LogP contribution is 2.22. The number of benzene rings is 2. The maximum Gasteiger partial charge on any atom is 0.251 e. The highest BCUT2D eigenvalue weighted by Gasteiger charge is 2.17. The molecule has 1 N–H and O–H groups in total. The fourth-order valence-corrected chi connectivity index (χ4v) is 3.43. The summed E-state index contributed by atoms with van der Waals surface area (Å²) < 4.78 is 23.5. The van der Waals surface area contributed by atoms with E-state index in [1.54, 1.807) is 32.4 Å². The average molecular weight is 401 g/mol. The van der Waals surface area contributed by atoms with E-state index in [0.717, 1.165) is 44.8 Å². The van der Waals surface area contributed by atoms with Gasteiger partial charge in [-0.1, -0.05) is 0 Å². The van der Waals surface area contributed by atoms with Crippen molar-refractivity contribution >= 4 is 11.6 Å². The molecule has 29 heavy (non-hydrogen) atoms. The molecule has 1 amide bonds. The Kier molecular flexibility index (Phi) is 7.30. The summed E-state index contributed by atoms with van der Waals surface area (Å²) >= 11 is 0. The molecule has 7 heteroatoms. The van der Waals surface area contributed by atoms with Crippen molar-refractivity contribution in [2.75, 3.05) is 58.4 Å². The van der Waals surface area contributed by atoms with Crippen molar-refractivity contribution in [3.8, 4) is 11.5 Å². The summed E-state index contributed by atoms with van der Waals surface area (Å²) in [4.78, 5) is 17.0. The smallest absolute Gasteiger partial charge is 0.251 e. The second-order valence-corrected chi connectivity index (χ2v) is 7.02. The number of anilines is 1. The largest absolute Gasteiger partial charge is 0.497 e. The number of rotatable bonds is 8. The van der Waals surface area contributed by atoms with Crippen LogP contribution in [0.2, 0.25) is 0 Å². The van der Waals surface area contributed by atoms with Gasteiger partial charge in [0.2, 0.25) is 0 Å². The quantitative estimate of drug-likeness (QED) is 0.690. The maximum absolute atomic E-state index is 13.1. The van der Waals surface area contributed by atoms with E-state index in [0.29, 0.717) is 23.6 Å². The Labute approximate surface area is 171 Å². The van der Waals surface area contributed by atoms with Gasteiger partial charge in [0.05, 0.1) is 14.2 Å². The second kappa shape index (κ2) is 10.1. The number of nitrogens with zero attached hydrogens (tertiary/aromatic N) is 2. The number of hydrogen-bond donors (Lipinski definition) is 1. The average Bonchev–Trinajstić information content (AvgIpc) is 2.77. The highest BCUT2D eigenvalue weighted by molar-refractivity contribution is 5.95. The van der Waals surface area contributed by atoms with E-state index in [1.165, 1.54) is 12.1 Å². The fraction of sp³-hybridized carbons (Fsp3) is 0.409. The Morgan fingerprint density at radius 2 is 1.62 bits per heavy atom. The van der Waals surface area contributed by atoms with Crippen molar-refractivity contribution < 1.29 is 18.7 Å². The van der Waals surface area contributed by atoms with Gasteiger partial charge in [0.25, 0.3) is 5.91 Å². The Bertz CT molecular complexity index is 783. The maximum atomic E-state index is 13.1. The Morgan fingerprint density at radius 1 is 1.00 bits per heavy atom. The zero-order chi connectivity index (χ0) is 20.6. The monoisotopic (exact) mass is 401 g/mol. The van der Waals surface area contributed by atoms with Crippen LogP contribution in [-0.4, -0.2) is 64.3 Å². The normalized spacial score (nSPS) is 14.5. The summed E-state index contributed by atoms with van der Waals surface area (Å²) in [6, 6.07) is 11.8. The van der Waals surface area contributed by atoms with E-state index in [1.807, 2.05) is 12.1 Å². The summed E-state index contributed by atoms with van der Waals surface area (Å²) in [7, 11) is 3.12. The van der Waals surface area contributed by atoms with Gasteiger partial charge in [0, 0.05) is 50.0 Å². The van der Waals surface area contributed by atoms with Crippen LogP contribution in [-0.2, 0) is 0 Å². The van der Waals surface area contributed by atoms with Gasteiger partial charge in [0.1, 0.15) is 17.3 Å². The zero-order valence-electron chi connectivity index (χ0n) is 17.0. The SMILES string of the molecule is COc1cc(OC)cc(C(=O)NCCCN2CCN(c3ccc(F)cc3)CC2)c1. The minimum Gasteiger partial charge on any atom is -0.497 e. The molecule has 0 bridgehead atoms. The fourth-order valence-electron chi connectivity index (χ4n) is 3.43. The third kappa shape index (κ3) is 5.84.